The van der Waals surface area contributed by atoms with Crippen LogP contribution in [0.25, 0.3) is 27.9 Å². The third-order valence-corrected chi connectivity index (χ3v) is 5.46. The van der Waals surface area contributed by atoms with Gasteiger partial charge in [-0.2, -0.15) is 4.98 Å². The van der Waals surface area contributed by atoms with Gasteiger partial charge in [-0.25, -0.2) is 0 Å². The fraction of sp³-hybridized carbons (Fsp3) is 0.217. The number of H-pyrrole nitrogens is 1. The smallest absolute Gasteiger partial charge is 0.324 e. The second-order valence-electron chi connectivity index (χ2n) is 7.17. The molecule has 0 amide bonds. The topological polar surface area (TPSA) is 76.4 Å². The van der Waals surface area contributed by atoms with E-state index in [9.17, 15) is 0 Å². The normalized spacial score (nSPS) is 14.1. The quantitative estimate of drug-likeness (QED) is 0.529. The number of ether oxygens (including phenoxy) is 2. The number of hydrogen-bond donors (Lipinski definition) is 1. The number of rotatable bonds is 5. The molecule has 0 saturated heterocycles. The Morgan fingerprint density at radius 1 is 1.07 bits per heavy atom. The average molecular weight is 402 g/mol. The number of fused-ring (bicyclic) bond motifs is 1. The zero-order valence-corrected chi connectivity index (χ0v) is 16.9. The molecule has 5 rings (SSSR count). The highest BCUT2D eigenvalue weighted by Gasteiger charge is 2.20. The highest BCUT2D eigenvalue weighted by molar-refractivity contribution is 5.93. The lowest BCUT2D eigenvalue weighted by Gasteiger charge is -2.24. The number of nitrogens with one attached hydrogen (secondary N) is 1. The molecule has 0 aliphatic carbocycles. The van der Waals surface area contributed by atoms with Crippen LogP contribution < -0.4 is 14.4 Å². The lowest BCUT2D eigenvalue weighted by atomic mass is 9.99. The van der Waals surface area contributed by atoms with Gasteiger partial charge in [-0.1, -0.05) is 23.4 Å². The van der Waals surface area contributed by atoms with Gasteiger partial charge in [-0.15, -0.1) is 0 Å². The molecule has 2 aromatic carbocycles. The summed E-state index contributed by atoms with van der Waals surface area (Å²) in [6.45, 7) is 1.52. The van der Waals surface area contributed by atoms with E-state index in [0.29, 0.717) is 18.4 Å². The van der Waals surface area contributed by atoms with E-state index in [1.165, 1.54) is 16.5 Å². The van der Waals surface area contributed by atoms with Crippen LogP contribution in [0.3, 0.4) is 0 Å². The summed E-state index contributed by atoms with van der Waals surface area (Å²) >= 11 is 0. The molecule has 0 atom stereocenters. The number of nitrogens with zero attached hydrogens (tertiary/aromatic N) is 3. The Morgan fingerprint density at radius 2 is 1.93 bits per heavy atom. The standard InChI is InChI=1S/C23H22N4O3/c1-28-17-5-3-4-16(12-17)22-25-23(30-26-22)27-10-8-15(9-11-27)20-14-24-21-7-6-18(29-2)13-19(20)21/h3-8,12-14,24H,9-11H2,1-2H3. The van der Waals surface area contributed by atoms with Crippen LogP contribution in [0.15, 0.2) is 59.3 Å². The first-order chi connectivity index (χ1) is 14.7. The number of aromatic amines is 1. The van der Waals surface area contributed by atoms with E-state index in [2.05, 4.69) is 38.4 Å². The predicted molar refractivity (Wildman–Crippen MR) is 116 cm³/mol. The van der Waals surface area contributed by atoms with Crippen molar-refractivity contribution in [1.29, 1.82) is 0 Å². The maximum Gasteiger partial charge on any atom is 0.324 e. The van der Waals surface area contributed by atoms with E-state index in [1.54, 1.807) is 14.2 Å². The molecule has 0 unspecified atom stereocenters. The van der Waals surface area contributed by atoms with Crippen LogP contribution in [-0.2, 0) is 0 Å². The first-order valence-corrected chi connectivity index (χ1v) is 9.83. The number of methoxy groups -OCH3 is 2. The minimum absolute atomic E-state index is 0.531. The summed E-state index contributed by atoms with van der Waals surface area (Å²) in [6, 6.07) is 14.3. The van der Waals surface area contributed by atoms with E-state index in [4.69, 9.17) is 14.0 Å². The van der Waals surface area contributed by atoms with Crippen molar-refractivity contribution in [2.45, 2.75) is 6.42 Å². The Kier molecular flexibility index (Phi) is 4.63. The summed E-state index contributed by atoms with van der Waals surface area (Å²) in [6.07, 6.45) is 5.18. The second-order valence-corrected chi connectivity index (χ2v) is 7.17. The third kappa shape index (κ3) is 3.28. The van der Waals surface area contributed by atoms with Gasteiger partial charge >= 0.3 is 6.01 Å². The number of aromatic nitrogens is 3. The molecule has 3 heterocycles. The second kappa shape index (κ2) is 7.59. The highest BCUT2D eigenvalue weighted by Crippen LogP contribution is 2.32. The van der Waals surface area contributed by atoms with Gasteiger partial charge in [0.1, 0.15) is 11.5 Å². The van der Waals surface area contributed by atoms with Crippen LogP contribution in [0.4, 0.5) is 6.01 Å². The van der Waals surface area contributed by atoms with E-state index in [-0.39, 0.29) is 0 Å². The maximum atomic E-state index is 5.53. The van der Waals surface area contributed by atoms with Crippen LogP contribution in [0.1, 0.15) is 12.0 Å². The Morgan fingerprint density at radius 3 is 2.73 bits per heavy atom. The van der Waals surface area contributed by atoms with Gasteiger partial charge < -0.3 is 23.9 Å². The molecule has 7 nitrogen and oxygen atoms in total. The predicted octanol–water partition coefficient (Wildman–Crippen LogP) is 4.53. The zero-order valence-electron chi connectivity index (χ0n) is 16.9. The Balaban J connectivity index is 1.36. The molecular formula is C23H22N4O3. The molecule has 2 aromatic heterocycles. The van der Waals surface area contributed by atoms with Gasteiger partial charge in [0.05, 0.1) is 14.2 Å². The molecular weight excluding hydrogens is 380 g/mol. The summed E-state index contributed by atoms with van der Waals surface area (Å²) in [7, 11) is 3.33. The summed E-state index contributed by atoms with van der Waals surface area (Å²) in [5.41, 5.74) is 4.49. The minimum atomic E-state index is 0.531. The van der Waals surface area contributed by atoms with Crippen molar-refractivity contribution in [3.8, 4) is 22.9 Å². The molecule has 0 fully saturated rings. The van der Waals surface area contributed by atoms with Crippen LogP contribution in [0, 0.1) is 0 Å². The molecule has 1 N–H and O–H groups in total. The Labute approximate surface area is 173 Å². The largest absolute Gasteiger partial charge is 0.497 e. The van der Waals surface area contributed by atoms with Gasteiger partial charge in [-0.05, 0) is 42.3 Å². The molecule has 0 radical (unpaired) electrons. The minimum Gasteiger partial charge on any atom is -0.497 e. The SMILES string of the molecule is COc1cccc(-c2noc(N3CC=C(c4c[nH]c5ccc(OC)cc45)CC3)n2)c1. The summed E-state index contributed by atoms with van der Waals surface area (Å²) < 4.78 is 16.2. The summed E-state index contributed by atoms with van der Waals surface area (Å²) in [5, 5.41) is 5.32. The zero-order chi connectivity index (χ0) is 20.5. The van der Waals surface area contributed by atoms with Crippen molar-refractivity contribution in [1.82, 2.24) is 15.1 Å². The van der Waals surface area contributed by atoms with Crippen molar-refractivity contribution in [2.75, 3.05) is 32.2 Å². The molecule has 7 heteroatoms. The maximum absolute atomic E-state index is 5.53. The van der Waals surface area contributed by atoms with Gasteiger partial charge in [0.2, 0.25) is 5.82 Å². The van der Waals surface area contributed by atoms with Crippen LogP contribution in [0.5, 0.6) is 11.5 Å². The molecule has 0 spiro atoms. The first kappa shape index (κ1) is 18.3. The van der Waals surface area contributed by atoms with Crippen molar-refractivity contribution >= 4 is 22.5 Å². The van der Waals surface area contributed by atoms with Gasteiger partial charge in [0.15, 0.2) is 0 Å². The van der Waals surface area contributed by atoms with Crippen molar-refractivity contribution < 1.29 is 14.0 Å². The fourth-order valence-corrected chi connectivity index (χ4v) is 3.80. The van der Waals surface area contributed by atoms with E-state index in [0.717, 1.165) is 35.5 Å². The summed E-state index contributed by atoms with van der Waals surface area (Å²) in [4.78, 5) is 10.0. The van der Waals surface area contributed by atoms with Crippen molar-refractivity contribution in [3.63, 3.8) is 0 Å². The number of hydrogen-bond acceptors (Lipinski definition) is 6. The molecule has 30 heavy (non-hydrogen) atoms. The number of anilines is 1. The molecule has 152 valence electrons. The Hall–Kier alpha value is -3.74. The summed E-state index contributed by atoms with van der Waals surface area (Å²) in [5.74, 6) is 2.18. The molecule has 1 aliphatic rings. The van der Waals surface area contributed by atoms with E-state index in [1.807, 2.05) is 36.4 Å². The lowest BCUT2D eigenvalue weighted by molar-refractivity contribution is 0.413. The van der Waals surface area contributed by atoms with Gasteiger partial charge in [-0.3, -0.25) is 0 Å². The molecule has 0 saturated carbocycles. The molecule has 4 aromatic rings. The number of benzene rings is 2. The first-order valence-electron chi connectivity index (χ1n) is 9.83. The lowest BCUT2D eigenvalue weighted by Crippen LogP contribution is -2.28. The molecule has 1 aliphatic heterocycles. The Bertz CT molecular complexity index is 1220. The van der Waals surface area contributed by atoms with Gasteiger partial charge in [0, 0.05) is 41.3 Å². The average Bonchev–Trinajstić information content (AvgIpc) is 3.46. The molecule has 0 bridgehead atoms. The van der Waals surface area contributed by atoms with Crippen molar-refractivity contribution in [3.05, 3.63) is 60.3 Å². The van der Waals surface area contributed by atoms with Crippen molar-refractivity contribution in [2.24, 2.45) is 0 Å². The third-order valence-electron chi connectivity index (χ3n) is 5.46. The highest BCUT2D eigenvalue weighted by atomic mass is 16.5. The fourth-order valence-electron chi connectivity index (χ4n) is 3.80. The van der Waals surface area contributed by atoms with Crippen LogP contribution in [-0.4, -0.2) is 42.4 Å². The monoisotopic (exact) mass is 402 g/mol. The van der Waals surface area contributed by atoms with E-state index < -0.39 is 0 Å². The van der Waals surface area contributed by atoms with Gasteiger partial charge in [0.25, 0.3) is 0 Å². The van der Waals surface area contributed by atoms with Crippen LogP contribution in [0.2, 0.25) is 0 Å². The van der Waals surface area contributed by atoms with E-state index >= 15 is 0 Å². The van der Waals surface area contributed by atoms with Crippen LogP contribution >= 0.6 is 0 Å².